The molecule has 20 nitrogen and oxygen atoms in total. The second kappa shape index (κ2) is 29.4. The lowest BCUT2D eigenvalue weighted by Crippen LogP contribution is -2.50. The number of rotatable bonds is 16. The van der Waals surface area contributed by atoms with Gasteiger partial charge in [-0.2, -0.15) is 0 Å². The van der Waals surface area contributed by atoms with E-state index in [1.807, 2.05) is 27.7 Å². The molecule has 0 radical (unpaired) electrons. The molecule has 0 spiro atoms. The summed E-state index contributed by atoms with van der Waals surface area (Å²) in [6.45, 7) is 33.7. The third kappa shape index (κ3) is 14.6. The Labute approximate surface area is 583 Å². The highest BCUT2D eigenvalue weighted by atomic mass is 16.6. The van der Waals surface area contributed by atoms with Gasteiger partial charge in [0.2, 0.25) is 0 Å². The number of carbonyl (C=O) groups excluding carboxylic acids is 10. The Hall–Kier alpha value is -6.60. The summed E-state index contributed by atoms with van der Waals surface area (Å²) in [6.07, 6.45) is 24.7. The maximum Gasteiger partial charge on any atom is 0.333 e. The van der Waals surface area contributed by atoms with E-state index in [9.17, 15) is 47.9 Å². The minimum Gasteiger partial charge on any atom is -0.462 e. The summed E-state index contributed by atoms with van der Waals surface area (Å²) in [6, 6.07) is 0. The molecule has 5 saturated heterocycles. The molecule has 0 N–H and O–H groups in total. The van der Waals surface area contributed by atoms with Gasteiger partial charge in [0.1, 0.15) is 60.5 Å². The molecule has 20 heteroatoms. The van der Waals surface area contributed by atoms with E-state index in [-0.39, 0.29) is 115 Å². The second-order valence-electron chi connectivity index (χ2n) is 33.1. The fraction of sp³-hybridized carbons (Fsp3) is 0.747. The zero-order chi connectivity index (χ0) is 71.5. The third-order valence-electron chi connectivity index (χ3n) is 26.5. The molecule has 15 fully saturated rings. The Balaban J connectivity index is 0.000000125. The summed E-state index contributed by atoms with van der Waals surface area (Å²) in [7, 11) is 0. The van der Waals surface area contributed by atoms with E-state index in [1.54, 1.807) is 34.6 Å². The minimum atomic E-state index is -0.847. The van der Waals surface area contributed by atoms with Crippen molar-refractivity contribution >= 4 is 59.7 Å². The molecule has 0 aromatic rings. The summed E-state index contributed by atoms with van der Waals surface area (Å²) in [5, 5.41) is 0. The lowest BCUT2D eigenvalue weighted by Gasteiger charge is -2.41. The van der Waals surface area contributed by atoms with Crippen molar-refractivity contribution in [1.29, 1.82) is 0 Å². The van der Waals surface area contributed by atoms with Gasteiger partial charge in [0.25, 0.3) is 0 Å². The van der Waals surface area contributed by atoms with Crippen LogP contribution in [0.5, 0.6) is 0 Å². The van der Waals surface area contributed by atoms with Crippen LogP contribution in [0.3, 0.4) is 0 Å². The molecule has 0 aromatic heterocycles. The average Bonchev–Trinajstić information content (AvgIpc) is 1.44. The van der Waals surface area contributed by atoms with Crippen LogP contribution in [0.2, 0.25) is 0 Å². The molecule has 15 aliphatic rings. The van der Waals surface area contributed by atoms with Crippen LogP contribution in [0.15, 0.2) is 61.8 Å². The Bertz CT molecular complexity index is 3230. The number of esters is 10. The minimum absolute atomic E-state index is 0.0754. The smallest absolute Gasteiger partial charge is 0.333 e. The Kier molecular flexibility index (Phi) is 21.9. The van der Waals surface area contributed by atoms with Crippen LogP contribution in [0.25, 0.3) is 0 Å². The van der Waals surface area contributed by atoms with Gasteiger partial charge >= 0.3 is 59.7 Å². The first kappa shape index (κ1) is 73.6. The van der Waals surface area contributed by atoms with E-state index in [1.165, 1.54) is 70.6 Å². The number of ether oxygens (including phenoxy) is 10. The molecule has 0 aromatic carbocycles. The van der Waals surface area contributed by atoms with E-state index in [2.05, 4.69) is 32.9 Å². The van der Waals surface area contributed by atoms with Crippen LogP contribution >= 0.6 is 0 Å². The Morgan fingerprint density at radius 3 is 1.35 bits per heavy atom. The molecule has 10 aliphatic carbocycles. The molecule has 10 saturated carbocycles. The predicted molar refractivity (Wildman–Crippen MR) is 359 cm³/mol. The van der Waals surface area contributed by atoms with Crippen LogP contribution in [-0.4, -0.2) is 120 Å². The molecule has 0 amide bonds. The number of fused-ring (bicyclic) bond motifs is 26. The van der Waals surface area contributed by atoms with Crippen LogP contribution in [-0.2, 0) is 95.3 Å². The van der Waals surface area contributed by atoms with Crippen LogP contribution < -0.4 is 0 Å². The van der Waals surface area contributed by atoms with E-state index >= 15 is 0 Å². The quantitative estimate of drug-likeness (QED) is 0.0601. The highest BCUT2D eigenvalue weighted by Gasteiger charge is 2.65. The maximum atomic E-state index is 12.5. The Morgan fingerprint density at radius 1 is 0.414 bits per heavy atom. The lowest BCUT2D eigenvalue weighted by atomic mass is 9.72. The first-order chi connectivity index (χ1) is 46.9. The van der Waals surface area contributed by atoms with Gasteiger partial charge in [0.15, 0.2) is 0 Å². The van der Waals surface area contributed by atoms with Crippen molar-refractivity contribution in [3.05, 3.63) is 61.8 Å². The summed E-state index contributed by atoms with van der Waals surface area (Å²) >= 11 is 0. The van der Waals surface area contributed by atoms with Crippen molar-refractivity contribution in [2.75, 3.05) is 13.2 Å². The topological polar surface area (TPSA) is 263 Å². The zero-order valence-corrected chi connectivity index (χ0v) is 59.8. The van der Waals surface area contributed by atoms with Crippen LogP contribution in [0, 0.1) is 118 Å². The van der Waals surface area contributed by atoms with Crippen molar-refractivity contribution < 1.29 is 95.3 Å². The first-order valence-corrected chi connectivity index (χ1v) is 37.2. The Morgan fingerprint density at radius 2 is 0.828 bits per heavy atom. The SMILES string of the molecule is C=C(C)C(=O)OC(C)(C)C1C(=O)OC2CC1C1CCCC21.C=C(C)C(=O)OC(C)(C)C1C(=O)OC2CCC1C2.C=C(C)C(=O)OCC1C(=O)OC2CC1C1CCCC21.C=CC(=O)OC(C)(CC)C1C(=O)OC2CC1C1CCCC21.C=CC(=O)OCC1C(=O)OC2CC1C1C3CCC(C3)C21. The molecular weight excluding hydrogens is 1270 g/mol. The summed E-state index contributed by atoms with van der Waals surface area (Å²) < 4.78 is 54.8. The second-order valence-corrected chi connectivity index (χ2v) is 33.1. The lowest BCUT2D eigenvalue weighted by molar-refractivity contribution is -0.186. The molecule has 26 atom stereocenters. The molecule has 26 unspecified atom stereocenters. The zero-order valence-electron chi connectivity index (χ0n) is 59.8. The average molecular weight is 1380 g/mol. The number of hydrogen-bond acceptors (Lipinski definition) is 20. The van der Waals surface area contributed by atoms with Crippen molar-refractivity contribution in [1.82, 2.24) is 0 Å². The van der Waals surface area contributed by atoms with Crippen molar-refractivity contribution in [2.45, 2.75) is 238 Å². The maximum absolute atomic E-state index is 12.5. The van der Waals surface area contributed by atoms with E-state index in [0.29, 0.717) is 88.2 Å². The standard InChI is InChI=1S/2C17H24O4.C16H20O4.C15H20O4.C14H20O4/c1-9(2)15(18)21-17(3,4)14-12-8-13(20-16(14)19)11-7-5-6-10(11)12;1-4-14(18)21-17(3,5-2)15-12-9-13(20-16(15)19)11-8-6-7-10(11)12;1-2-13(17)19-7-11-10-6-12(20-16(11)18)15-9-4-3-8(5-9)14(10)15;1-8(2)14(16)18-7-12-11-6-13(19-15(12)17)10-5-3-4-9(10)11;1-8(2)12(15)18-14(3,4)11-9-5-6-10(7-9)17-13(11)16/h10-14H,1,5-8H2,2-4H3;4,10-13,15H,1,5-9H2,2-3H3;2,8-12,14-15H,1,3-7H2;9-13H,1,3-7H2,2H3;9-11H,1,5-7H2,2-4H3. The van der Waals surface area contributed by atoms with E-state index < -0.39 is 46.6 Å². The van der Waals surface area contributed by atoms with Crippen molar-refractivity contribution in [3.8, 4) is 0 Å². The molecular formula is C79H108O20. The first-order valence-electron chi connectivity index (χ1n) is 37.2. The van der Waals surface area contributed by atoms with Gasteiger partial charge < -0.3 is 47.4 Å². The van der Waals surface area contributed by atoms with E-state index in [0.717, 1.165) is 75.4 Å². The van der Waals surface area contributed by atoms with Gasteiger partial charge in [-0.05, 0) is 247 Å². The van der Waals surface area contributed by atoms with Gasteiger partial charge in [0.05, 0.1) is 29.6 Å². The van der Waals surface area contributed by atoms with Crippen molar-refractivity contribution in [2.24, 2.45) is 118 Å². The molecule has 12 bridgehead atoms. The fourth-order valence-corrected chi connectivity index (χ4v) is 22.3. The van der Waals surface area contributed by atoms with Gasteiger partial charge in [-0.25, -0.2) is 24.0 Å². The van der Waals surface area contributed by atoms with Gasteiger partial charge in [0, 0.05) is 34.8 Å². The van der Waals surface area contributed by atoms with Gasteiger partial charge in [-0.3, -0.25) is 24.0 Å². The summed E-state index contributed by atoms with van der Waals surface area (Å²) in [4.78, 5) is 119. The third-order valence-corrected chi connectivity index (χ3v) is 26.5. The molecule has 99 heavy (non-hydrogen) atoms. The van der Waals surface area contributed by atoms with Gasteiger partial charge in [-0.15, -0.1) is 0 Å². The summed E-state index contributed by atoms with van der Waals surface area (Å²) in [5.74, 6) is 2.87. The number of hydrogen-bond donors (Lipinski definition) is 0. The van der Waals surface area contributed by atoms with E-state index in [4.69, 9.17) is 47.4 Å². The monoisotopic (exact) mass is 1380 g/mol. The summed E-state index contributed by atoms with van der Waals surface area (Å²) in [5.41, 5.74) is -1.41. The molecule has 5 aliphatic heterocycles. The largest absolute Gasteiger partial charge is 0.462 e. The van der Waals surface area contributed by atoms with Crippen molar-refractivity contribution in [3.63, 3.8) is 0 Å². The van der Waals surface area contributed by atoms with Crippen LogP contribution in [0.1, 0.15) is 191 Å². The molecule has 5 heterocycles. The highest BCUT2D eigenvalue weighted by molar-refractivity contribution is 5.89. The fourth-order valence-electron chi connectivity index (χ4n) is 22.3. The predicted octanol–water partition coefficient (Wildman–Crippen LogP) is 12.0. The normalized spacial score (nSPS) is 39.4. The van der Waals surface area contributed by atoms with Gasteiger partial charge in [-0.1, -0.05) is 59.1 Å². The highest BCUT2D eigenvalue weighted by Crippen LogP contribution is 2.65. The molecule has 15 rings (SSSR count). The number of carbonyl (C=O) groups is 10. The molecule has 544 valence electrons. The van der Waals surface area contributed by atoms with Crippen LogP contribution in [0.4, 0.5) is 0 Å².